The molecule has 0 aliphatic heterocycles. The summed E-state index contributed by atoms with van der Waals surface area (Å²) >= 11 is 0. The van der Waals surface area contributed by atoms with Gasteiger partial charge in [-0.25, -0.2) is 9.59 Å². The summed E-state index contributed by atoms with van der Waals surface area (Å²) in [6, 6.07) is 23.7. The van der Waals surface area contributed by atoms with Crippen molar-refractivity contribution in [2.75, 3.05) is 5.32 Å². The fraction of sp³-hybridized carbons (Fsp3) is 0.172. The van der Waals surface area contributed by atoms with E-state index < -0.39 is 30.1 Å². The summed E-state index contributed by atoms with van der Waals surface area (Å²) in [6.45, 7) is 3.46. The molecule has 0 spiro atoms. The number of aromatic nitrogens is 1. The van der Waals surface area contributed by atoms with Crippen LogP contribution in [0.25, 0.3) is 11.3 Å². The maximum atomic E-state index is 12.7. The minimum absolute atomic E-state index is 0.158. The third kappa shape index (κ3) is 6.44. The number of carboxylic acids is 1. The Morgan fingerprint density at radius 1 is 0.947 bits per heavy atom. The minimum atomic E-state index is -1.12. The van der Waals surface area contributed by atoms with Crippen molar-refractivity contribution in [3.63, 3.8) is 0 Å². The van der Waals surface area contributed by atoms with Crippen molar-refractivity contribution in [2.45, 2.75) is 32.4 Å². The van der Waals surface area contributed by atoms with E-state index in [1.807, 2.05) is 48.5 Å². The fourth-order valence-corrected chi connectivity index (χ4v) is 3.86. The quantitative estimate of drug-likeness (QED) is 0.274. The average molecular weight is 514 g/mol. The topological polar surface area (TPSA) is 131 Å². The molecule has 1 heterocycles. The number of aliphatic carboxylic acids is 1. The van der Waals surface area contributed by atoms with E-state index in [0.717, 1.165) is 11.1 Å². The summed E-state index contributed by atoms with van der Waals surface area (Å²) in [7, 11) is 0. The van der Waals surface area contributed by atoms with Crippen molar-refractivity contribution in [2.24, 2.45) is 0 Å². The van der Waals surface area contributed by atoms with Crippen molar-refractivity contribution in [3.8, 4) is 11.3 Å². The number of hydrogen-bond acceptors (Lipinski definition) is 6. The molecule has 0 aliphatic rings. The van der Waals surface area contributed by atoms with Crippen LogP contribution in [0.4, 0.5) is 10.5 Å². The van der Waals surface area contributed by atoms with Crippen molar-refractivity contribution in [1.82, 2.24) is 10.5 Å². The second kappa shape index (κ2) is 11.9. The lowest BCUT2D eigenvalue weighted by Crippen LogP contribution is -2.42. The van der Waals surface area contributed by atoms with Gasteiger partial charge in [0.1, 0.15) is 23.5 Å². The van der Waals surface area contributed by atoms with Crippen molar-refractivity contribution < 1.29 is 28.8 Å². The van der Waals surface area contributed by atoms with Crippen molar-refractivity contribution in [1.29, 1.82) is 0 Å². The lowest BCUT2D eigenvalue weighted by Gasteiger charge is -2.15. The largest absolute Gasteiger partial charge is 0.480 e. The molecule has 2 atom stereocenters. The first kappa shape index (κ1) is 26.2. The summed E-state index contributed by atoms with van der Waals surface area (Å²) < 4.78 is 10.9. The van der Waals surface area contributed by atoms with Gasteiger partial charge in [-0.1, -0.05) is 78.0 Å². The van der Waals surface area contributed by atoms with E-state index in [1.54, 1.807) is 50.2 Å². The zero-order chi connectivity index (χ0) is 27.1. The van der Waals surface area contributed by atoms with Gasteiger partial charge in [0.15, 0.2) is 5.76 Å². The number of anilines is 1. The number of benzene rings is 3. The molecule has 2 amide bonds. The number of carboxylic acid groups (broad SMARTS) is 1. The van der Waals surface area contributed by atoms with Gasteiger partial charge in [0.2, 0.25) is 0 Å². The molecule has 3 N–H and O–H groups in total. The molecule has 1 aromatic heterocycles. The summed E-state index contributed by atoms with van der Waals surface area (Å²) in [4.78, 5) is 37.0. The number of carbonyl (C=O) groups is 3. The molecule has 0 saturated heterocycles. The maximum Gasteiger partial charge on any atom is 0.412 e. The number of amides is 2. The Kier molecular flexibility index (Phi) is 8.17. The van der Waals surface area contributed by atoms with Gasteiger partial charge >= 0.3 is 12.1 Å². The molecule has 3 aromatic carbocycles. The van der Waals surface area contributed by atoms with Crippen molar-refractivity contribution >= 4 is 23.7 Å². The molecule has 0 fully saturated rings. The van der Waals surface area contributed by atoms with Gasteiger partial charge in [-0.2, -0.15) is 0 Å². The normalized spacial score (nSPS) is 12.3. The van der Waals surface area contributed by atoms with Crippen LogP contribution in [-0.4, -0.2) is 34.3 Å². The molecule has 9 heteroatoms. The second-order valence-electron chi connectivity index (χ2n) is 8.69. The van der Waals surface area contributed by atoms with E-state index in [2.05, 4.69) is 15.8 Å². The van der Waals surface area contributed by atoms with Crippen LogP contribution in [0.5, 0.6) is 0 Å². The average Bonchev–Trinajstić information content (AvgIpc) is 3.28. The first-order valence-electron chi connectivity index (χ1n) is 12.0. The van der Waals surface area contributed by atoms with Crippen LogP contribution in [0, 0.1) is 6.92 Å². The predicted molar refractivity (Wildman–Crippen MR) is 141 cm³/mol. The highest BCUT2D eigenvalue weighted by Crippen LogP contribution is 2.31. The molecule has 38 heavy (non-hydrogen) atoms. The molecule has 0 saturated carbocycles. The molecule has 1 unspecified atom stereocenters. The Bertz CT molecular complexity index is 1400. The van der Waals surface area contributed by atoms with Gasteiger partial charge in [-0.15, -0.1) is 0 Å². The zero-order valence-corrected chi connectivity index (χ0v) is 20.9. The van der Waals surface area contributed by atoms with Crippen LogP contribution in [0.15, 0.2) is 89.5 Å². The molecule has 0 radical (unpaired) electrons. The number of ether oxygens (including phenoxy) is 1. The van der Waals surface area contributed by atoms with Gasteiger partial charge in [-0.3, -0.25) is 10.1 Å². The van der Waals surface area contributed by atoms with Gasteiger partial charge < -0.3 is 19.7 Å². The van der Waals surface area contributed by atoms with Crippen LogP contribution in [0.1, 0.15) is 40.2 Å². The predicted octanol–water partition coefficient (Wildman–Crippen LogP) is 5.39. The van der Waals surface area contributed by atoms with E-state index in [9.17, 15) is 19.5 Å². The smallest absolute Gasteiger partial charge is 0.412 e. The number of nitrogens with one attached hydrogen (secondary N) is 2. The summed E-state index contributed by atoms with van der Waals surface area (Å²) in [6.07, 6.45) is -0.970. The van der Waals surface area contributed by atoms with Crippen LogP contribution in [-0.2, 0) is 16.0 Å². The third-order valence-electron chi connectivity index (χ3n) is 5.94. The van der Waals surface area contributed by atoms with Crippen LogP contribution in [0.2, 0.25) is 0 Å². The summed E-state index contributed by atoms with van der Waals surface area (Å²) in [5.41, 5.74) is 3.29. The molecule has 4 rings (SSSR count). The number of hydrogen-bond donors (Lipinski definition) is 3. The van der Waals surface area contributed by atoms with Gasteiger partial charge in [0.25, 0.3) is 5.91 Å². The molecule has 4 aromatic rings. The summed E-state index contributed by atoms with van der Waals surface area (Å²) in [5, 5.41) is 18.8. The Labute approximate surface area is 219 Å². The zero-order valence-electron chi connectivity index (χ0n) is 20.9. The van der Waals surface area contributed by atoms with Crippen LogP contribution < -0.4 is 10.6 Å². The highest BCUT2D eigenvalue weighted by molar-refractivity contribution is 5.97. The van der Waals surface area contributed by atoms with Crippen LogP contribution in [0.3, 0.4) is 0 Å². The number of rotatable bonds is 9. The van der Waals surface area contributed by atoms with Gasteiger partial charge in [0, 0.05) is 17.5 Å². The van der Waals surface area contributed by atoms with Gasteiger partial charge in [-0.05, 0) is 37.1 Å². The second-order valence-corrected chi connectivity index (χ2v) is 8.69. The monoisotopic (exact) mass is 513 g/mol. The van der Waals surface area contributed by atoms with Gasteiger partial charge in [0.05, 0.1) is 0 Å². The SMILES string of the molecule is Cc1noc(-c2ccc(C(=O)N[C@H](Cc3ccccc3)C(=O)O)cc2)c1NC(=O)OC(C)c1ccccc1. The number of nitrogens with zero attached hydrogens (tertiary/aromatic N) is 1. The molecular weight excluding hydrogens is 486 g/mol. The first-order chi connectivity index (χ1) is 18.3. The van der Waals surface area contributed by atoms with E-state index in [0.29, 0.717) is 22.7 Å². The third-order valence-corrected chi connectivity index (χ3v) is 5.94. The Hall–Kier alpha value is -4.92. The minimum Gasteiger partial charge on any atom is -0.480 e. The highest BCUT2D eigenvalue weighted by Gasteiger charge is 2.23. The number of carbonyl (C=O) groups excluding carboxylic acids is 2. The van der Waals surface area contributed by atoms with E-state index >= 15 is 0 Å². The molecule has 0 aliphatic carbocycles. The Balaban J connectivity index is 1.43. The Morgan fingerprint density at radius 2 is 1.58 bits per heavy atom. The molecule has 0 bridgehead atoms. The summed E-state index contributed by atoms with van der Waals surface area (Å²) in [5.74, 6) is -1.35. The highest BCUT2D eigenvalue weighted by atomic mass is 16.6. The molecule has 9 nitrogen and oxygen atoms in total. The lowest BCUT2D eigenvalue weighted by atomic mass is 10.0. The molecular formula is C29H27N3O6. The first-order valence-corrected chi connectivity index (χ1v) is 12.0. The van der Waals surface area contributed by atoms with Crippen molar-refractivity contribution in [3.05, 3.63) is 107 Å². The lowest BCUT2D eigenvalue weighted by molar-refractivity contribution is -0.139. The fourth-order valence-electron chi connectivity index (χ4n) is 3.86. The Morgan fingerprint density at radius 3 is 2.21 bits per heavy atom. The van der Waals surface area contributed by atoms with Crippen LogP contribution >= 0.6 is 0 Å². The maximum absolute atomic E-state index is 12.7. The van der Waals surface area contributed by atoms with E-state index in [4.69, 9.17) is 9.26 Å². The van der Waals surface area contributed by atoms with E-state index in [-0.39, 0.29) is 12.0 Å². The molecule has 194 valence electrons. The standard InChI is InChI=1S/C29H27N3O6/c1-18-25(31-29(36)37-19(2)21-11-7-4-8-12-21)26(38-32-18)22-13-15-23(16-14-22)27(33)30-24(28(34)35)17-20-9-5-3-6-10-20/h3-16,19,24H,17H2,1-2H3,(H,30,33)(H,31,36)(H,34,35)/t19?,24-/m1/s1. The number of aryl methyl sites for hydroxylation is 1. The van der Waals surface area contributed by atoms with E-state index in [1.165, 1.54) is 0 Å².